The lowest BCUT2D eigenvalue weighted by molar-refractivity contribution is 0.129. The third-order valence-corrected chi connectivity index (χ3v) is 3.51. The monoisotopic (exact) mass is 360 g/mol. The van der Waals surface area contributed by atoms with Crippen LogP contribution in [0, 0.1) is 0 Å². The van der Waals surface area contributed by atoms with E-state index in [1.54, 1.807) is 30.6 Å². The van der Waals surface area contributed by atoms with Gasteiger partial charge in [0.2, 0.25) is 11.6 Å². The molecule has 0 aliphatic carbocycles. The minimum absolute atomic E-state index is 0.225. The molecule has 0 atom stereocenters. The van der Waals surface area contributed by atoms with Gasteiger partial charge in [0, 0.05) is 24.0 Å². The molecule has 0 unspecified atom stereocenters. The zero-order valence-electron chi connectivity index (χ0n) is 13.7. The minimum atomic E-state index is -0.586. The Morgan fingerprint density at radius 3 is 2.76 bits per heavy atom. The molecule has 0 spiro atoms. The van der Waals surface area contributed by atoms with E-state index in [1.807, 2.05) is 24.3 Å². The number of aromatic nitrogens is 4. The van der Waals surface area contributed by atoms with E-state index < -0.39 is 6.09 Å². The molecule has 2 aromatic heterocycles. The van der Waals surface area contributed by atoms with E-state index in [2.05, 4.69) is 25.8 Å². The second kappa shape index (κ2) is 7.35. The second-order valence-electron chi connectivity index (χ2n) is 5.55. The Morgan fingerprint density at radius 1 is 1.28 bits per heavy atom. The largest absolute Gasteiger partial charge is 0.447 e. The number of hydrogen-bond acceptors (Lipinski definition) is 6. The summed E-state index contributed by atoms with van der Waals surface area (Å²) >= 11 is 5.88. The number of carbonyl (C=O) groups excluding carboxylic acids is 1. The van der Waals surface area contributed by atoms with Gasteiger partial charge in [0.1, 0.15) is 0 Å². The van der Waals surface area contributed by atoms with E-state index in [9.17, 15) is 4.79 Å². The van der Waals surface area contributed by atoms with E-state index in [0.29, 0.717) is 23.0 Å². The molecule has 0 aliphatic heterocycles. The number of amides is 1. The summed E-state index contributed by atoms with van der Waals surface area (Å²) < 4.78 is 6.67. The molecule has 0 radical (unpaired) electrons. The van der Waals surface area contributed by atoms with Crippen LogP contribution in [0.15, 0.2) is 36.7 Å². The quantitative estimate of drug-likeness (QED) is 0.724. The Kier molecular flexibility index (Phi) is 4.99. The minimum Gasteiger partial charge on any atom is -0.447 e. The summed E-state index contributed by atoms with van der Waals surface area (Å²) in [5.74, 6) is 0.813. The lowest BCUT2D eigenvalue weighted by Crippen LogP contribution is -2.19. The maximum absolute atomic E-state index is 11.7. The van der Waals surface area contributed by atoms with Crippen molar-refractivity contribution in [2.45, 2.75) is 26.5 Å². The summed E-state index contributed by atoms with van der Waals surface area (Å²) in [5.41, 5.74) is 1.54. The fraction of sp³-hybridized carbons (Fsp3) is 0.250. The number of anilines is 2. The molecule has 8 nitrogen and oxygen atoms in total. The van der Waals surface area contributed by atoms with Crippen LogP contribution in [0.25, 0.3) is 5.65 Å². The van der Waals surface area contributed by atoms with Crippen molar-refractivity contribution in [1.29, 1.82) is 0 Å². The van der Waals surface area contributed by atoms with Crippen LogP contribution in [0.5, 0.6) is 0 Å². The summed E-state index contributed by atoms with van der Waals surface area (Å²) in [7, 11) is 0. The Morgan fingerprint density at radius 2 is 2.04 bits per heavy atom. The number of nitrogens with zero attached hydrogens (tertiary/aromatic N) is 4. The first-order valence-corrected chi connectivity index (χ1v) is 8.06. The Labute approximate surface area is 149 Å². The van der Waals surface area contributed by atoms with Crippen molar-refractivity contribution >= 4 is 35.1 Å². The number of ether oxygens (including phenoxy) is 1. The maximum atomic E-state index is 11.7. The Bertz CT molecular complexity index is 878. The number of fused-ring (bicyclic) bond motifs is 1. The van der Waals surface area contributed by atoms with E-state index in [4.69, 9.17) is 16.3 Å². The van der Waals surface area contributed by atoms with Gasteiger partial charge in [-0.05, 0) is 31.5 Å². The highest BCUT2D eigenvalue weighted by atomic mass is 35.5. The predicted molar refractivity (Wildman–Crippen MR) is 94.8 cm³/mol. The molecule has 130 valence electrons. The SMILES string of the molecule is CC(C)OC(=O)Nc1nnc2c(NCc3ccc(Cl)cc3)nccn12. The highest BCUT2D eigenvalue weighted by Crippen LogP contribution is 2.17. The van der Waals surface area contributed by atoms with Gasteiger partial charge in [-0.2, -0.15) is 0 Å². The van der Waals surface area contributed by atoms with Crippen molar-refractivity contribution in [3.05, 3.63) is 47.2 Å². The molecule has 0 aliphatic rings. The molecular weight excluding hydrogens is 344 g/mol. The molecule has 3 aromatic rings. The van der Waals surface area contributed by atoms with Crippen LogP contribution in [-0.4, -0.2) is 31.8 Å². The average molecular weight is 361 g/mol. The number of halogens is 1. The van der Waals surface area contributed by atoms with Crippen LogP contribution in [0.1, 0.15) is 19.4 Å². The Hall–Kier alpha value is -2.87. The summed E-state index contributed by atoms with van der Waals surface area (Å²) in [6, 6.07) is 7.50. The van der Waals surface area contributed by atoms with E-state index in [0.717, 1.165) is 5.56 Å². The van der Waals surface area contributed by atoms with Crippen LogP contribution in [-0.2, 0) is 11.3 Å². The predicted octanol–water partition coefficient (Wildman–Crippen LogP) is 3.35. The van der Waals surface area contributed by atoms with Crippen LogP contribution in [0.4, 0.5) is 16.6 Å². The van der Waals surface area contributed by atoms with E-state index >= 15 is 0 Å². The van der Waals surface area contributed by atoms with Crippen LogP contribution in [0.2, 0.25) is 5.02 Å². The van der Waals surface area contributed by atoms with Gasteiger partial charge in [0.15, 0.2) is 5.82 Å². The third kappa shape index (κ3) is 4.16. The van der Waals surface area contributed by atoms with Gasteiger partial charge in [-0.15, -0.1) is 10.2 Å². The number of hydrogen-bond donors (Lipinski definition) is 2. The summed E-state index contributed by atoms with van der Waals surface area (Å²) in [6.07, 6.45) is 2.45. The van der Waals surface area contributed by atoms with Gasteiger partial charge in [-0.1, -0.05) is 23.7 Å². The molecule has 0 fully saturated rings. The third-order valence-electron chi connectivity index (χ3n) is 3.26. The van der Waals surface area contributed by atoms with Gasteiger partial charge >= 0.3 is 6.09 Å². The normalized spacial score (nSPS) is 10.9. The summed E-state index contributed by atoms with van der Waals surface area (Å²) in [5, 5.41) is 14.5. The van der Waals surface area contributed by atoms with E-state index in [1.165, 1.54) is 0 Å². The lowest BCUT2D eigenvalue weighted by atomic mass is 10.2. The van der Waals surface area contributed by atoms with Crippen molar-refractivity contribution in [3.63, 3.8) is 0 Å². The first kappa shape index (κ1) is 17.0. The molecule has 1 amide bonds. The zero-order chi connectivity index (χ0) is 17.8. The Balaban J connectivity index is 1.76. The standard InChI is InChI=1S/C16H17ClN6O2/c1-10(2)25-16(24)20-15-22-21-14-13(18-7-8-23(14)15)19-9-11-3-5-12(17)6-4-11/h3-8,10H,9H2,1-2H3,(H,18,19)(H,20,22,24). The van der Waals surface area contributed by atoms with Crippen LogP contribution < -0.4 is 10.6 Å². The van der Waals surface area contributed by atoms with Crippen molar-refractivity contribution in [3.8, 4) is 0 Å². The molecule has 3 rings (SSSR count). The van der Waals surface area contributed by atoms with Crippen LogP contribution >= 0.6 is 11.6 Å². The molecule has 0 saturated carbocycles. The van der Waals surface area contributed by atoms with Gasteiger partial charge in [-0.3, -0.25) is 9.72 Å². The van der Waals surface area contributed by atoms with Crippen molar-refractivity contribution in [2.24, 2.45) is 0 Å². The zero-order valence-corrected chi connectivity index (χ0v) is 14.5. The topological polar surface area (TPSA) is 93.4 Å². The molecule has 2 N–H and O–H groups in total. The summed E-state index contributed by atoms with van der Waals surface area (Å²) in [4.78, 5) is 16.0. The maximum Gasteiger partial charge on any atom is 0.414 e. The number of rotatable bonds is 5. The van der Waals surface area contributed by atoms with Crippen LogP contribution in [0.3, 0.4) is 0 Å². The fourth-order valence-corrected chi connectivity index (χ4v) is 2.29. The first-order valence-electron chi connectivity index (χ1n) is 7.68. The molecule has 2 heterocycles. The highest BCUT2D eigenvalue weighted by molar-refractivity contribution is 6.30. The second-order valence-corrected chi connectivity index (χ2v) is 5.99. The molecule has 9 heteroatoms. The number of carbonyl (C=O) groups is 1. The fourth-order valence-electron chi connectivity index (χ4n) is 2.16. The van der Waals surface area contributed by atoms with Crippen molar-refractivity contribution in [1.82, 2.24) is 19.6 Å². The number of nitrogens with one attached hydrogen (secondary N) is 2. The molecular formula is C16H17ClN6O2. The lowest BCUT2D eigenvalue weighted by Gasteiger charge is -2.09. The summed E-state index contributed by atoms with van der Waals surface area (Å²) in [6.45, 7) is 4.09. The molecule has 0 saturated heterocycles. The average Bonchev–Trinajstić information content (AvgIpc) is 2.97. The number of benzene rings is 1. The molecule has 25 heavy (non-hydrogen) atoms. The van der Waals surface area contributed by atoms with Gasteiger partial charge in [0.05, 0.1) is 6.10 Å². The van der Waals surface area contributed by atoms with E-state index in [-0.39, 0.29) is 12.1 Å². The van der Waals surface area contributed by atoms with Crippen molar-refractivity contribution < 1.29 is 9.53 Å². The molecule has 1 aromatic carbocycles. The first-order chi connectivity index (χ1) is 12.0. The highest BCUT2D eigenvalue weighted by Gasteiger charge is 2.14. The van der Waals surface area contributed by atoms with Gasteiger partial charge < -0.3 is 10.1 Å². The smallest absolute Gasteiger partial charge is 0.414 e. The van der Waals surface area contributed by atoms with Gasteiger partial charge in [0.25, 0.3) is 0 Å². The molecule has 0 bridgehead atoms. The van der Waals surface area contributed by atoms with Gasteiger partial charge in [-0.25, -0.2) is 9.78 Å². The van der Waals surface area contributed by atoms with Crippen molar-refractivity contribution in [2.75, 3.05) is 10.6 Å².